The number of carbonyl (C=O) groups excluding carboxylic acids is 1. The molecule has 0 bridgehead atoms. The highest BCUT2D eigenvalue weighted by atomic mass is 32.2. The Bertz CT molecular complexity index is 947. The molecule has 2 N–H and O–H groups in total. The largest absolute Gasteiger partial charge is 0.493 e. The lowest BCUT2D eigenvalue weighted by atomic mass is 10.1. The number of hydrogen-bond acceptors (Lipinski definition) is 7. The lowest BCUT2D eigenvalue weighted by molar-refractivity contribution is -0.150. The average molecular weight is 510 g/mol. The van der Waals surface area contributed by atoms with Crippen LogP contribution in [0.25, 0.3) is 6.08 Å². The molecule has 0 radical (unpaired) electrons. The molecule has 1 amide bonds. The molecule has 1 aliphatic heterocycles. The molecule has 186 valence electrons. The van der Waals surface area contributed by atoms with Crippen LogP contribution in [0.3, 0.4) is 0 Å². The first-order valence-electron chi connectivity index (χ1n) is 11.2. The molecule has 1 aliphatic rings. The fourth-order valence-electron chi connectivity index (χ4n) is 3.54. The normalized spacial score (nSPS) is 16.6. The molecular weight excluding hydrogens is 478 g/mol. The summed E-state index contributed by atoms with van der Waals surface area (Å²) in [4.78, 5) is 36.4. The van der Waals surface area contributed by atoms with E-state index < -0.39 is 30.3 Å². The molecule has 2 rings (SSSR count). The number of amides is 1. The SMILES string of the molecule is CCCCCCC[C@@H](C)Oc1ccc(/C=C2/SC(=S)N([C@@H](CC(=O)O)C(=O)O)C2=O)cc1OC. The Kier molecular flexibility index (Phi) is 10.8. The number of ether oxygens (including phenoxy) is 2. The third-order valence-electron chi connectivity index (χ3n) is 5.32. The molecule has 0 saturated carbocycles. The van der Waals surface area contributed by atoms with Crippen LogP contribution in [0, 0.1) is 0 Å². The van der Waals surface area contributed by atoms with Crippen LogP contribution in [0.4, 0.5) is 0 Å². The molecule has 1 heterocycles. The average Bonchev–Trinajstić information content (AvgIpc) is 3.05. The van der Waals surface area contributed by atoms with Crippen LogP contribution in [0.5, 0.6) is 11.5 Å². The van der Waals surface area contributed by atoms with Crippen LogP contribution >= 0.6 is 24.0 Å². The van der Waals surface area contributed by atoms with Gasteiger partial charge < -0.3 is 19.7 Å². The summed E-state index contributed by atoms with van der Waals surface area (Å²) in [6.07, 6.45) is 7.78. The molecular formula is C24H31NO7S2. The van der Waals surface area contributed by atoms with Gasteiger partial charge in [0.15, 0.2) is 11.5 Å². The van der Waals surface area contributed by atoms with E-state index in [1.54, 1.807) is 24.3 Å². The standard InChI is InChI=1S/C24H31NO7S2/c1-4-5-6-7-8-9-15(2)32-18-11-10-16(12-19(18)31-3)13-20-22(28)25(24(33)34-20)17(23(29)30)14-21(26)27/h10-13,15,17H,4-9,14H2,1-3H3,(H,26,27)(H,29,30)/b20-13+/t15-,17+/m1/s1. The number of rotatable bonds is 14. The number of aliphatic carboxylic acids is 2. The van der Waals surface area contributed by atoms with Crippen LogP contribution in [-0.4, -0.2) is 56.5 Å². The Morgan fingerprint density at radius 3 is 2.50 bits per heavy atom. The number of unbranched alkanes of at least 4 members (excludes halogenated alkanes) is 4. The molecule has 1 saturated heterocycles. The zero-order valence-electron chi connectivity index (χ0n) is 19.6. The van der Waals surface area contributed by atoms with E-state index in [4.69, 9.17) is 26.8 Å². The molecule has 8 nitrogen and oxygen atoms in total. The monoisotopic (exact) mass is 509 g/mol. The minimum atomic E-state index is -1.57. The molecule has 10 heteroatoms. The second-order valence-electron chi connectivity index (χ2n) is 8.05. The minimum absolute atomic E-state index is 0.00424. The van der Waals surface area contributed by atoms with E-state index >= 15 is 0 Å². The smallest absolute Gasteiger partial charge is 0.327 e. The lowest BCUT2D eigenvalue weighted by Gasteiger charge is -2.21. The number of carboxylic acids is 2. The number of nitrogens with zero attached hydrogens (tertiary/aromatic N) is 1. The number of carboxylic acid groups (broad SMARTS) is 2. The van der Waals surface area contributed by atoms with Crippen LogP contribution in [0.15, 0.2) is 23.1 Å². The van der Waals surface area contributed by atoms with Crippen molar-refractivity contribution in [2.24, 2.45) is 0 Å². The summed E-state index contributed by atoms with van der Waals surface area (Å²) in [7, 11) is 1.53. The van der Waals surface area contributed by atoms with E-state index in [-0.39, 0.29) is 15.3 Å². The van der Waals surface area contributed by atoms with Gasteiger partial charge in [-0.05, 0) is 43.5 Å². The van der Waals surface area contributed by atoms with Gasteiger partial charge in [-0.25, -0.2) is 4.79 Å². The van der Waals surface area contributed by atoms with Gasteiger partial charge in [0.25, 0.3) is 5.91 Å². The van der Waals surface area contributed by atoms with E-state index in [9.17, 15) is 19.5 Å². The zero-order chi connectivity index (χ0) is 25.3. The summed E-state index contributed by atoms with van der Waals surface area (Å²) in [5.74, 6) is -2.29. The Labute approximate surface area is 209 Å². The molecule has 1 aromatic carbocycles. The molecule has 2 atom stereocenters. The number of carbonyl (C=O) groups is 3. The van der Waals surface area contributed by atoms with E-state index in [1.807, 2.05) is 6.92 Å². The number of hydrogen-bond donors (Lipinski definition) is 2. The van der Waals surface area contributed by atoms with E-state index in [1.165, 1.54) is 32.8 Å². The molecule has 0 unspecified atom stereocenters. The lowest BCUT2D eigenvalue weighted by Crippen LogP contribution is -2.45. The predicted octanol–water partition coefficient (Wildman–Crippen LogP) is 4.95. The van der Waals surface area contributed by atoms with E-state index in [0.29, 0.717) is 17.1 Å². The number of thiocarbonyl (C=S) groups is 1. The first kappa shape index (κ1) is 27.7. The van der Waals surface area contributed by atoms with Gasteiger partial charge in [-0.15, -0.1) is 0 Å². The molecule has 0 aliphatic carbocycles. The van der Waals surface area contributed by atoms with E-state index in [0.717, 1.165) is 29.5 Å². The van der Waals surface area contributed by atoms with Crippen LogP contribution < -0.4 is 9.47 Å². The fourth-order valence-corrected chi connectivity index (χ4v) is 4.89. The van der Waals surface area contributed by atoms with Crippen molar-refractivity contribution < 1.29 is 34.1 Å². The van der Waals surface area contributed by atoms with Crippen molar-refractivity contribution in [1.82, 2.24) is 4.90 Å². The molecule has 0 aromatic heterocycles. The fraction of sp³-hybridized carbons (Fsp3) is 0.500. The summed E-state index contributed by atoms with van der Waals surface area (Å²) in [5.41, 5.74) is 0.641. The minimum Gasteiger partial charge on any atom is -0.493 e. The van der Waals surface area contributed by atoms with Crippen molar-refractivity contribution in [3.05, 3.63) is 28.7 Å². The van der Waals surface area contributed by atoms with E-state index in [2.05, 4.69) is 6.92 Å². The van der Waals surface area contributed by atoms with Gasteiger partial charge >= 0.3 is 11.9 Å². The topological polar surface area (TPSA) is 113 Å². The van der Waals surface area contributed by atoms with Gasteiger partial charge in [-0.2, -0.15) is 0 Å². The summed E-state index contributed by atoms with van der Waals surface area (Å²) in [6.45, 7) is 4.21. The van der Waals surface area contributed by atoms with Gasteiger partial charge in [0.2, 0.25) is 0 Å². The van der Waals surface area contributed by atoms with Crippen molar-refractivity contribution in [1.29, 1.82) is 0 Å². The molecule has 0 spiro atoms. The summed E-state index contributed by atoms with van der Waals surface area (Å²) < 4.78 is 11.5. The Morgan fingerprint density at radius 2 is 1.88 bits per heavy atom. The maximum atomic E-state index is 12.8. The number of thioether (sulfide) groups is 1. The third-order valence-corrected chi connectivity index (χ3v) is 6.65. The van der Waals surface area contributed by atoms with Crippen LogP contribution in [-0.2, 0) is 14.4 Å². The zero-order valence-corrected chi connectivity index (χ0v) is 21.2. The Balaban J connectivity index is 2.12. The van der Waals surface area contributed by atoms with Crippen molar-refractivity contribution in [3.8, 4) is 11.5 Å². The molecule has 34 heavy (non-hydrogen) atoms. The maximum absolute atomic E-state index is 12.8. The molecule has 1 aromatic rings. The van der Waals surface area contributed by atoms with Gasteiger partial charge in [-0.1, -0.05) is 62.7 Å². The molecule has 1 fully saturated rings. The van der Waals surface area contributed by atoms with Crippen molar-refractivity contribution in [3.63, 3.8) is 0 Å². The van der Waals surface area contributed by atoms with Crippen molar-refractivity contribution in [2.45, 2.75) is 70.9 Å². The summed E-state index contributed by atoms with van der Waals surface area (Å²) in [6, 6.07) is 3.69. The van der Waals surface area contributed by atoms with Crippen molar-refractivity contribution in [2.75, 3.05) is 7.11 Å². The van der Waals surface area contributed by atoms with Crippen LogP contribution in [0.2, 0.25) is 0 Å². The maximum Gasteiger partial charge on any atom is 0.327 e. The summed E-state index contributed by atoms with van der Waals surface area (Å²) in [5, 5.41) is 18.4. The second-order valence-corrected chi connectivity index (χ2v) is 9.72. The first-order chi connectivity index (χ1) is 16.2. The Morgan fingerprint density at radius 1 is 1.18 bits per heavy atom. The van der Waals surface area contributed by atoms with Crippen LogP contribution in [0.1, 0.15) is 64.4 Å². The van der Waals surface area contributed by atoms with Gasteiger partial charge in [0.1, 0.15) is 10.4 Å². The summed E-state index contributed by atoms with van der Waals surface area (Å²) >= 11 is 6.09. The Hall–Kier alpha value is -2.59. The highest BCUT2D eigenvalue weighted by Crippen LogP contribution is 2.36. The number of methoxy groups -OCH3 is 1. The first-order valence-corrected chi connectivity index (χ1v) is 12.5. The van der Waals surface area contributed by atoms with Crippen molar-refractivity contribution >= 4 is 52.2 Å². The predicted molar refractivity (Wildman–Crippen MR) is 135 cm³/mol. The van der Waals surface area contributed by atoms with Gasteiger partial charge in [0, 0.05) is 0 Å². The quantitative estimate of drug-likeness (QED) is 0.204. The van der Waals surface area contributed by atoms with Gasteiger partial charge in [0.05, 0.1) is 24.5 Å². The van der Waals surface area contributed by atoms with Gasteiger partial charge in [-0.3, -0.25) is 14.5 Å². The second kappa shape index (κ2) is 13.3. The highest BCUT2D eigenvalue weighted by molar-refractivity contribution is 8.26. The number of benzene rings is 1. The third kappa shape index (κ3) is 7.73. The highest BCUT2D eigenvalue weighted by Gasteiger charge is 2.41.